The number of aryl methyl sites for hydroxylation is 1. The number of hydrogen-bond acceptors (Lipinski definition) is 4. The number of benzene rings is 1. The van der Waals surface area contributed by atoms with E-state index in [2.05, 4.69) is 17.3 Å². The second kappa shape index (κ2) is 4.60. The lowest BCUT2D eigenvalue weighted by atomic mass is 10.2. The summed E-state index contributed by atoms with van der Waals surface area (Å²) < 4.78 is 12.5. The first-order chi connectivity index (χ1) is 8.85. The van der Waals surface area contributed by atoms with Gasteiger partial charge in [-0.3, -0.25) is 4.68 Å². The van der Waals surface area contributed by atoms with E-state index < -0.39 is 0 Å². The largest absolute Gasteiger partial charge is 0.454 e. The van der Waals surface area contributed by atoms with Crippen LogP contribution in [0.2, 0.25) is 0 Å². The van der Waals surface area contributed by atoms with Crippen molar-refractivity contribution in [2.45, 2.75) is 20.0 Å². The number of anilines is 1. The Morgan fingerprint density at radius 2 is 2.22 bits per heavy atom. The number of rotatable bonds is 4. The van der Waals surface area contributed by atoms with E-state index in [0.717, 1.165) is 35.8 Å². The molecule has 1 N–H and O–H groups in total. The molecule has 0 bridgehead atoms. The van der Waals surface area contributed by atoms with Crippen LogP contribution in [0.1, 0.15) is 12.5 Å². The third-order valence-electron chi connectivity index (χ3n) is 2.89. The van der Waals surface area contributed by atoms with Gasteiger partial charge in [0, 0.05) is 19.3 Å². The van der Waals surface area contributed by atoms with Crippen LogP contribution in [0.3, 0.4) is 0 Å². The predicted molar refractivity (Wildman–Crippen MR) is 67.8 cm³/mol. The maximum absolute atomic E-state index is 5.35. The van der Waals surface area contributed by atoms with Crippen LogP contribution in [0, 0.1) is 0 Å². The molecule has 0 amide bonds. The van der Waals surface area contributed by atoms with Gasteiger partial charge in [0.15, 0.2) is 11.5 Å². The molecule has 0 atom stereocenters. The van der Waals surface area contributed by atoms with Gasteiger partial charge in [-0.25, -0.2) is 0 Å². The van der Waals surface area contributed by atoms with Crippen LogP contribution in [-0.2, 0) is 13.1 Å². The van der Waals surface area contributed by atoms with E-state index in [0.29, 0.717) is 6.79 Å². The minimum Gasteiger partial charge on any atom is -0.454 e. The van der Waals surface area contributed by atoms with Crippen LogP contribution in [0.5, 0.6) is 11.5 Å². The van der Waals surface area contributed by atoms with E-state index in [-0.39, 0.29) is 0 Å². The smallest absolute Gasteiger partial charge is 0.231 e. The average Bonchev–Trinajstić information content (AvgIpc) is 3.04. The van der Waals surface area contributed by atoms with E-state index in [1.807, 2.05) is 35.3 Å². The first-order valence-corrected chi connectivity index (χ1v) is 6.00. The average molecular weight is 245 g/mol. The molecule has 0 saturated carbocycles. The summed E-state index contributed by atoms with van der Waals surface area (Å²) in [5, 5.41) is 7.54. The summed E-state index contributed by atoms with van der Waals surface area (Å²) in [6, 6.07) is 5.97. The van der Waals surface area contributed by atoms with Crippen molar-refractivity contribution >= 4 is 5.69 Å². The van der Waals surface area contributed by atoms with Crippen molar-refractivity contribution in [3.63, 3.8) is 0 Å². The van der Waals surface area contributed by atoms with Gasteiger partial charge < -0.3 is 14.8 Å². The lowest BCUT2D eigenvalue weighted by Gasteiger charge is -2.04. The lowest BCUT2D eigenvalue weighted by molar-refractivity contribution is 0.174. The van der Waals surface area contributed by atoms with Crippen LogP contribution in [0.25, 0.3) is 0 Å². The Morgan fingerprint density at radius 1 is 1.33 bits per heavy atom. The number of fused-ring (bicyclic) bond motifs is 1. The fraction of sp³-hybridized carbons (Fsp3) is 0.308. The van der Waals surface area contributed by atoms with E-state index in [9.17, 15) is 0 Å². The number of ether oxygens (including phenoxy) is 2. The molecule has 94 valence electrons. The zero-order valence-electron chi connectivity index (χ0n) is 10.2. The van der Waals surface area contributed by atoms with Crippen molar-refractivity contribution in [1.29, 1.82) is 0 Å². The van der Waals surface area contributed by atoms with Gasteiger partial charge in [-0.15, -0.1) is 0 Å². The quantitative estimate of drug-likeness (QED) is 0.897. The predicted octanol–water partition coefficient (Wildman–Crippen LogP) is 2.24. The minimum atomic E-state index is 0.315. The van der Waals surface area contributed by atoms with Crippen molar-refractivity contribution in [3.05, 3.63) is 36.2 Å². The first kappa shape index (κ1) is 11.0. The van der Waals surface area contributed by atoms with Crippen LogP contribution in [-0.4, -0.2) is 16.6 Å². The maximum Gasteiger partial charge on any atom is 0.231 e. The molecule has 5 heteroatoms. The molecule has 1 aromatic heterocycles. The molecule has 3 rings (SSSR count). The Labute approximate surface area is 105 Å². The van der Waals surface area contributed by atoms with Gasteiger partial charge in [0.25, 0.3) is 0 Å². The third-order valence-corrected chi connectivity index (χ3v) is 2.89. The molecule has 2 aromatic rings. The number of nitrogens with one attached hydrogen (secondary N) is 1. The summed E-state index contributed by atoms with van der Waals surface area (Å²) in [5.74, 6) is 1.64. The Kier molecular flexibility index (Phi) is 2.80. The minimum absolute atomic E-state index is 0.315. The lowest BCUT2D eigenvalue weighted by Crippen LogP contribution is -1.98. The fourth-order valence-electron chi connectivity index (χ4n) is 1.88. The monoisotopic (exact) mass is 245 g/mol. The standard InChI is InChI=1S/C13H15N3O2/c1-2-16-8-11(7-15-16)14-6-10-3-4-12-13(5-10)18-9-17-12/h3-5,7-8,14H,2,6,9H2,1H3. The van der Waals surface area contributed by atoms with Gasteiger partial charge in [-0.1, -0.05) is 6.07 Å². The molecule has 1 aliphatic heterocycles. The fourth-order valence-corrected chi connectivity index (χ4v) is 1.88. The van der Waals surface area contributed by atoms with Crippen molar-refractivity contribution in [2.24, 2.45) is 0 Å². The van der Waals surface area contributed by atoms with Crippen molar-refractivity contribution in [3.8, 4) is 11.5 Å². The number of aromatic nitrogens is 2. The molecule has 0 aliphatic carbocycles. The summed E-state index contributed by atoms with van der Waals surface area (Å²) in [5.41, 5.74) is 2.18. The molecule has 5 nitrogen and oxygen atoms in total. The maximum atomic E-state index is 5.35. The Balaban J connectivity index is 1.66. The van der Waals surface area contributed by atoms with E-state index >= 15 is 0 Å². The molecule has 0 radical (unpaired) electrons. The van der Waals surface area contributed by atoms with Gasteiger partial charge >= 0.3 is 0 Å². The van der Waals surface area contributed by atoms with E-state index in [1.54, 1.807) is 0 Å². The molecule has 1 aromatic carbocycles. The molecular weight excluding hydrogens is 230 g/mol. The summed E-state index contributed by atoms with van der Waals surface area (Å²) in [7, 11) is 0. The Bertz CT molecular complexity index is 551. The van der Waals surface area contributed by atoms with Crippen molar-refractivity contribution in [1.82, 2.24) is 9.78 Å². The van der Waals surface area contributed by atoms with Gasteiger partial charge in [0.1, 0.15) is 0 Å². The SMILES string of the molecule is CCn1cc(NCc2ccc3c(c2)OCO3)cn1. The van der Waals surface area contributed by atoms with Crippen molar-refractivity contribution < 1.29 is 9.47 Å². The summed E-state index contributed by atoms with van der Waals surface area (Å²) in [6.07, 6.45) is 3.82. The highest BCUT2D eigenvalue weighted by Gasteiger charge is 2.12. The topological polar surface area (TPSA) is 48.3 Å². The van der Waals surface area contributed by atoms with Crippen LogP contribution < -0.4 is 14.8 Å². The summed E-state index contributed by atoms with van der Waals surface area (Å²) >= 11 is 0. The van der Waals surface area contributed by atoms with Crippen LogP contribution >= 0.6 is 0 Å². The molecule has 2 heterocycles. The molecule has 18 heavy (non-hydrogen) atoms. The first-order valence-electron chi connectivity index (χ1n) is 6.00. The molecule has 0 spiro atoms. The highest BCUT2D eigenvalue weighted by Crippen LogP contribution is 2.32. The second-order valence-corrected chi connectivity index (χ2v) is 4.13. The highest BCUT2D eigenvalue weighted by atomic mass is 16.7. The number of hydrogen-bond donors (Lipinski definition) is 1. The van der Waals surface area contributed by atoms with Gasteiger partial charge in [-0.2, -0.15) is 5.10 Å². The molecule has 0 fully saturated rings. The molecular formula is C13H15N3O2. The van der Waals surface area contributed by atoms with Crippen molar-refractivity contribution in [2.75, 3.05) is 12.1 Å². The Morgan fingerprint density at radius 3 is 3.06 bits per heavy atom. The second-order valence-electron chi connectivity index (χ2n) is 4.13. The van der Waals surface area contributed by atoms with Crippen LogP contribution in [0.15, 0.2) is 30.6 Å². The normalized spacial score (nSPS) is 12.7. The summed E-state index contributed by atoms with van der Waals surface area (Å²) in [6.45, 7) is 4.00. The van der Waals surface area contributed by atoms with Gasteiger partial charge in [0.2, 0.25) is 6.79 Å². The van der Waals surface area contributed by atoms with E-state index in [4.69, 9.17) is 9.47 Å². The molecule has 0 unspecified atom stereocenters. The molecule has 1 aliphatic rings. The Hall–Kier alpha value is -2.17. The third kappa shape index (κ3) is 2.11. The van der Waals surface area contributed by atoms with Gasteiger partial charge in [0.05, 0.1) is 11.9 Å². The zero-order valence-corrected chi connectivity index (χ0v) is 10.2. The summed E-state index contributed by atoms with van der Waals surface area (Å²) in [4.78, 5) is 0. The van der Waals surface area contributed by atoms with E-state index in [1.165, 1.54) is 0 Å². The number of nitrogens with zero attached hydrogens (tertiary/aromatic N) is 2. The van der Waals surface area contributed by atoms with Crippen LogP contribution in [0.4, 0.5) is 5.69 Å². The molecule has 0 saturated heterocycles. The van der Waals surface area contributed by atoms with Gasteiger partial charge in [-0.05, 0) is 24.6 Å². The zero-order chi connectivity index (χ0) is 12.4. The highest BCUT2D eigenvalue weighted by molar-refractivity contribution is 5.46.